The molecule has 2 rings (SSSR count). The van der Waals surface area contributed by atoms with Crippen molar-refractivity contribution in [3.8, 4) is 0 Å². The molecule has 2 aromatic rings. The molecule has 11 heteroatoms. The Morgan fingerprint density at radius 1 is 0.862 bits per heavy atom. The van der Waals surface area contributed by atoms with Crippen molar-refractivity contribution in [2.75, 3.05) is 30.8 Å². The molecule has 7 nitrogen and oxygen atoms in total. The molecule has 0 heterocycles. The number of thioether (sulfide) groups is 1. The molecule has 0 unspecified atom stereocenters. The number of hydrogen-bond acceptors (Lipinski definition) is 7. The Balaban J connectivity index is 2.50. The van der Waals surface area contributed by atoms with Gasteiger partial charge in [-0.3, -0.25) is 9.80 Å². The quantitative estimate of drug-likeness (QED) is 0.495. The van der Waals surface area contributed by atoms with Gasteiger partial charge in [-0.05, 0) is 54.8 Å². The Labute approximate surface area is 180 Å². The SMILES string of the molecule is CSC(=S)N(C)N(C(=O)c1ccc(S(C)(=O)=O)cc1)c1ccc(S(C)(=O)=O)cc1. The van der Waals surface area contributed by atoms with Crippen LogP contribution in [-0.2, 0) is 19.7 Å². The molecule has 0 saturated carbocycles. The summed E-state index contributed by atoms with van der Waals surface area (Å²) in [4.78, 5) is 13.4. The lowest BCUT2D eigenvalue weighted by molar-refractivity contribution is 0.0948. The molecule has 0 spiro atoms. The predicted molar refractivity (Wildman–Crippen MR) is 120 cm³/mol. The van der Waals surface area contributed by atoms with Gasteiger partial charge in [0.05, 0.1) is 15.5 Å². The van der Waals surface area contributed by atoms with Gasteiger partial charge in [-0.25, -0.2) is 21.8 Å². The van der Waals surface area contributed by atoms with Crippen molar-refractivity contribution in [3.05, 3.63) is 54.1 Å². The summed E-state index contributed by atoms with van der Waals surface area (Å²) in [5.41, 5.74) is 0.661. The van der Waals surface area contributed by atoms with E-state index in [4.69, 9.17) is 12.2 Å². The molecule has 0 radical (unpaired) electrons. The Bertz CT molecular complexity index is 1130. The smallest absolute Gasteiger partial charge is 0.267 e. The van der Waals surface area contributed by atoms with E-state index in [9.17, 15) is 21.6 Å². The van der Waals surface area contributed by atoms with Crippen LogP contribution in [0.3, 0.4) is 0 Å². The molecule has 0 bridgehead atoms. The maximum Gasteiger partial charge on any atom is 0.277 e. The molecular formula is C18H20N2O5S4. The average molecular weight is 473 g/mol. The monoisotopic (exact) mass is 472 g/mol. The summed E-state index contributed by atoms with van der Waals surface area (Å²) >= 11 is 6.57. The maximum atomic E-state index is 13.2. The first kappa shape index (κ1) is 23.3. The van der Waals surface area contributed by atoms with Crippen LogP contribution in [0, 0.1) is 0 Å². The average Bonchev–Trinajstić information content (AvgIpc) is 2.66. The van der Waals surface area contributed by atoms with Crippen molar-refractivity contribution < 1.29 is 21.6 Å². The lowest BCUT2D eigenvalue weighted by Crippen LogP contribution is -2.46. The number of nitrogens with zero attached hydrogens (tertiary/aromatic N) is 2. The van der Waals surface area contributed by atoms with Crippen molar-refractivity contribution in [1.29, 1.82) is 0 Å². The van der Waals surface area contributed by atoms with Crippen molar-refractivity contribution >= 4 is 59.6 Å². The van der Waals surface area contributed by atoms with Gasteiger partial charge in [-0.15, -0.1) is 0 Å². The minimum absolute atomic E-state index is 0.103. The standard InChI is InChI=1S/C18H20N2O5S4/c1-19(18(26)27-2)20(14-7-11-16(12-8-14)29(4,24)25)17(21)13-5-9-15(10-6-13)28(3,22)23/h5-12H,1-4H3. The fourth-order valence-corrected chi connectivity index (χ4v) is 4.13. The second kappa shape index (κ2) is 8.82. The topological polar surface area (TPSA) is 91.8 Å². The molecule has 0 aromatic heterocycles. The van der Waals surface area contributed by atoms with Gasteiger partial charge in [-0.1, -0.05) is 24.0 Å². The van der Waals surface area contributed by atoms with Crippen molar-refractivity contribution in [2.45, 2.75) is 9.79 Å². The highest BCUT2D eigenvalue weighted by atomic mass is 32.2. The first-order chi connectivity index (χ1) is 13.4. The van der Waals surface area contributed by atoms with E-state index in [-0.39, 0.29) is 15.4 Å². The van der Waals surface area contributed by atoms with Crippen LogP contribution in [0.2, 0.25) is 0 Å². The molecule has 0 fully saturated rings. The summed E-state index contributed by atoms with van der Waals surface area (Å²) in [6.07, 6.45) is 3.96. The zero-order chi connectivity index (χ0) is 22.0. The highest BCUT2D eigenvalue weighted by Crippen LogP contribution is 2.24. The summed E-state index contributed by atoms with van der Waals surface area (Å²) in [6.45, 7) is 0. The zero-order valence-electron chi connectivity index (χ0n) is 16.2. The van der Waals surface area contributed by atoms with Gasteiger partial charge in [0, 0.05) is 25.1 Å². The second-order valence-electron chi connectivity index (χ2n) is 6.17. The van der Waals surface area contributed by atoms with Crippen LogP contribution in [0.1, 0.15) is 10.4 Å². The Kier molecular flexibility index (Phi) is 7.10. The third kappa shape index (κ3) is 5.56. The molecule has 2 aromatic carbocycles. The van der Waals surface area contributed by atoms with E-state index < -0.39 is 25.6 Å². The first-order valence-electron chi connectivity index (χ1n) is 8.12. The highest BCUT2D eigenvalue weighted by molar-refractivity contribution is 8.22. The van der Waals surface area contributed by atoms with Gasteiger partial charge >= 0.3 is 0 Å². The minimum atomic E-state index is -3.39. The highest BCUT2D eigenvalue weighted by Gasteiger charge is 2.24. The second-order valence-corrected chi connectivity index (χ2v) is 11.6. The van der Waals surface area contributed by atoms with Gasteiger partial charge in [0.2, 0.25) is 0 Å². The summed E-state index contributed by atoms with van der Waals surface area (Å²) in [6, 6.07) is 11.4. The Morgan fingerprint density at radius 3 is 1.66 bits per heavy atom. The van der Waals surface area contributed by atoms with Crippen molar-refractivity contribution in [2.24, 2.45) is 0 Å². The van der Waals surface area contributed by atoms with Crippen LogP contribution in [0.15, 0.2) is 58.3 Å². The summed E-state index contributed by atoms with van der Waals surface area (Å²) < 4.78 is 47.1. The molecule has 0 atom stereocenters. The van der Waals surface area contributed by atoms with Crippen molar-refractivity contribution in [1.82, 2.24) is 5.01 Å². The normalized spacial score (nSPS) is 11.7. The Morgan fingerprint density at radius 2 is 1.28 bits per heavy atom. The molecule has 0 aliphatic heterocycles. The molecule has 0 aliphatic carbocycles. The summed E-state index contributed by atoms with van der Waals surface area (Å²) in [5.74, 6) is -0.448. The lowest BCUT2D eigenvalue weighted by atomic mass is 10.2. The van der Waals surface area contributed by atoms with E-state index in [1.54, 1.807) is 13.3 Å². The number of benzene rings is 2. The number of anilines is 1. The van der Waals surface area contributed by atoms with Gasteiger partial charge < -0.3 is 0 Å². The van der Waals surface area contributed by atoms with Gasteiger partial charge in [0.1, 0.15) is 0 Å². The molecular weight excluding hydrogens is 452 g/mol. The molecule has 0 N–H and O–H groups in total. The van der Waals surface area contributed by atoms with E-state index >= 15 is 0 Å². The number of carbonyl (C=O) groups excluding carboxylic acids is 1. The largest absolute Gasteiger partial charge is 0.277 e. The number of thiocarbonyl (C=S) groups is 1. The third-order valence-electron chi connectivity index (χ3n) is 3.97. The number of hydrogen-bond donors (Lipinski definition) is 0. The number of carbonyl (C=O) groups is 1. The number of amides is 1. The van der Waals surface area contributed by atoms with Gasteiger partial charge in [0.15, 0.2) is 24.0 Å². The Hall–Kier alpha value is -1.95. The van der Waals surface area contributed by atoms with Gasteiger partial charge in [-0.2, -0.15) is 0 Å². The number of sulfone groups is 2. The number of hydrazine groups is 1. The summed E-state index contributed by atoms with van der Waals surface area (Å²) in [5, 5.41) is 2.78. The van der Waals surface area contributed by atoms with E-state index in [1.165, 1.54) is 70.3 Å². The van der Waals surface area contributed by atoms with E-state index in [0.29, 0.717) is 10.0 Å². The number of rotatable bonds is 4. The van der Waals surface area contributed by atoms with E-state index in [0.717, 1.165) is 12.5 Å². The zero-order valence-corrected chi connectivity index (χ0v) is 19.5. The van der Waals surface area contributed by atoms with E-state index in [2.05, 4.69) is 0 Å². The molecule has 29 heavy (non-hydrogen) atoms. The molecule has 0 saturated heterocycles. The fourth-order valence-electron chi connectivity index (χ4n) is 2.44. The first-order valence-corrected chi connectivity index (χ1v) is 13.5. The van der Waals surface area contributed by atoms with Crippen LogP contribution in [0.4, 0.5) is 5.69 Å². The van der Waals surface area contributed by atoms with Crippen LogP contribution in [0.25, 0.3) is 0 Å². The fraction of sp³-hybridized carbons (Fsp3) is 0.222. The van der Waals surface area contributed by atoms with E-state index in [1.807, 2.05) is 0 Å². The van der Waals surface area contributed by atoms with Crippen LogP contribution in [-0.4, -0.2) is 57.9 Å². The predicted octanol–water partition coefficient (Wildman–Crippen LogP) is 2.64. The van der Waals surface area contributed by atoms with Crippen LogP contribution < -0.4 is 5.01 Å². The minimum Gasteiger partial charge on any atom is -0.267 e. The maximum absolute atomic E-state index is 13.2. The summed E-state index contributed by atoms with van der Waals surface area (Å²) in [7, 11) is -5.15. The lowest BCUT2D eigenvalue weighted by Gasteiger charge is -2.33. The van der Waals surface area contributed by atoms with Crippen LogP contribution in [0.5, 0.6) is 0 Å². The molecule has 156 valence electrons. The van der Waals surface area contributed by atoms with Gasteiger partial charge in [0.25, 0.3) is 5.91 Å². The third-order valence-corrected chi connectivity index (χ3v) is 7.60. The van der Waals surface area contributed by atoms with Crippen molar-refractivity contribution in [3.63, 3.8) is 0 Å². The van der Waals surface area contributed by atoms with Crippen LogP contribution >= 0.6 is 24.0 Å². The molecule has 1 amide bonds. The molecule has 0 aliphatic rings.